The van der Waals surface area contributed by atoms with Crippen molar-refractivity contribution in [2.75, 3.05) is 13.2 Å². The molecule has 2 nitrogen and oxygen atoms in total. The van der Waals surface area contributed by atoms with Crippen molar-refractivity contribution in [3.05, 3.63) is 45.6 Å². The average Bonchev–Trinajstić information content (AvgIpc) is 2.86. The van der Waals surface area contributed by atoms with Crippen molar-refractivity contribution in [2.45, 2.75) is 25.8 Å². The van der Waals surface area contributed by atoms with Crippen LogP contribution in [0.4, 0.5) is 0 Å². The van der Waals surface area contributed by atoms with Crippen LogP contribution in [0.3, 0.4) is 0 Å². The van der Waals surface area contributed by atoms with Gasteiger partial charge in [-0.25, -0.2) is 0 Å². The Bertz CT molecular complexity index is 425. The molecule has 0 fully saturated rings. The topological polar surface area (TPSA) is 21.3 Å². The summed E-state index contributed by atoms with van der Waals surface area (Å²) in [5.41, 5.74) is 0.905. The Kier molecular flexibility index (Phi) is 4.93. The van der Waals surface area contributed by atoms with Crippen LogP contribution in [-0.4, -0.2) is 13.2 Å². The molecule has 0 amide bonds. The van der Waals surface area contributed by atoms with E-state index in [-0.39, 0.29) is 6.04 Å². The van der Waals surface area contributed by atoms with Crippen molar-refractivity contribution < 1.29 is 4.74 Å². The molecule has 0 saturated carbocycles. The van der Waals surface area contributed by atoms with Crippen molar-refractivity contribution in [3.8, 4) is 0 Å². The van der Waals surface area contributed by atoms with Gasteiger partial charge >= 0.3 is 0 Å². The van der Waals surface area contributed by atoms with E-state index < -0.39 is 0 Å². The van der Waals surface area contributed by atoms with Crippen molar-refractivity contribution in [2.24, 2.45) is 0 Å². The van der Waals surface area contributed by atoms with Crippen LogP contribution in [0, 0.1) is 0 Å². The first-order chi connectivity index (χ1) is 8.74. The van der Waals surface area contributed by atoms with E-state index in [1.54, 1.807) is 0 Å². The number of benzene rings is 1. The first kappa shape index (κ1) is 13.7. The predicted octanol–water partition coefficient (Wildman–Crippen LogP) is 4.34. The number of ether oxygens (including phenoxy) is 1. The Morgan fingerprint density at radius 3 is 2.61 bits per heavy atom. The highest BCUT2D eigenvalue weighted by atomic mass is 35.5. The van der Waals surface area contributed by atoms with Crippen LogP contribution in [0.5, 0.6) is 0 Å². The van der Waals surface area contributed by atoms with E-state index >= 15 is 0 Å². The minimum atomic E-state index is -0.0475. The number of hydrogen-bond donors (Lipinski definition) is 1. The summed E-state index contributed by atoms with van der Waals surface area (Å²) in [4.78, 5) is 0. The molecule has 0 bridgehead atoms. The highest BCUT2D eigenvalue weighted by molar-refractivity contribution is 6.36. The number of hydrogen-bond acceptors (Lipinski definition) is 2. The number of halogens is 2. The maximum atomic E-state index is 6.27. The highest BCUT2D eigenvalue weighted by Crippen LogP contribution is 2.35. The molecule has 0 aromatic heterocycles. The largest absolute Gasteiger partial charge is 0.496 e. The minimum absolute atomic E-state index is 0.0475. The Balaban J connectivity index is 2.33. The maximum Gasteiger partial charge on any atom is 0.114 e. The average molecular weight is 286 g/mol. The molecule has 4 heteroatoms. The molecule has 2 rings (SSSR count). The van der Waals surface area contributed by atoms with Crippen LogP contribution in [-0.2, 0) is 4.74 Å². The lowest BCUT2D eigenvalue weighted by Crippen LogP contribution is -2.24. The van der Waals surface area contributed by atoms with Gasteiger partial charge in [0, 0.05) is 22.0 Å². The van der Waals surface area contributed by atoms with Gasteiger partial charge in [-0.3, -0.25) is 0 Å². The lowest BCUT2D eigenvalue weighted by molar-refractivity contribution is 0.215. The van der Waals surface area contributed by atoms with Crippen molar-refractivity contribution in [1.82, 2.24) is 5.32 Å². The van der Waals surface area contributed by atoms with Crippen LogP contribution in [0.2, 0.25) is 10.0 Å². The third-order valence-corrected chi connectivity index (χ3v) is 3.56. The molecule has 1 unspecified atom stereocenters. The summed E-state index contributed by atoms with van der Waals surface area (Å²) >= 11 is 12.5. The van der Waals surface area contributed by atoms with Gasteiger partial charge in [-0.2, -0.15) is 0 Å². The van der Waals surface area contributed by atoms with Gasteiger partial charge in [-0.15, -0.1) is 0 Å². The van der Waals surface area contributed by atoms with E-state index in [0.29, 0.717) is 10.0 Å². The van der Waals surface area contributed by atoms with Crippen molar-refractivity contribution in [1.29, 1.82) is 0 Å². The minimum Gasteiger partial charge on any atom is -0.496 e. The van der Waals surface area contributed by atoms with E-state index in [9.17, 15) is 0 Å². The first-order valence-corrected chi connectivity index (χ1v) is 6.99. The zero-order valence-corrected chi connectivity index (χ0v) is 11.9. The molecule has 1 aromatic carbocycles. The Morgan fingerprint density at radius 2 is 2.06 bits per heavy atom. The molecule has 1 N–H and O–H groups in total. The number of rotatable bonds is 5. The van der Waals surface area contributed by atoms with Crippen LogP contribution in [0.25, 0.3) is 0 Å². The quantitative estimate of drug-likeness (QED) is 0.869. The molecule has 0 aliphatic carbocycles. The Morgan fingerprint density at radius 1 is 1.33 bits per heavy atom. The molecular weight excluding hydrogens is 269 g/mol. The summed E-state index contributed by atoms with van der Waals surface area (Å²) in [5.74, 6) is 0.929. The molecule has 1 atom stereocenters. The highest BCUT2D eigenvalue weighted by Gasteiger charge is 2.24. The molecule has 0 saturated heterocycles. The zero-order valence-electron chi connectivity index (χ0n) is 10.4. The predicted molar refractivity (Wildman–Crippen MR) is 76.1 cm³/mol. The third kappa shape index (κ3) is 3.00. The van der Waals surface area contributed by atoms with E-state index in [0.717, 1.165) is 37.3 Å². The fourth-order valence-electron chi connectivity index (χ4n) is 2.06. The zero-order chi connectivity index (χ0) is 13.0. The van der Waals surface area contributed by atoms with Gasteiger partial charge in [0.2, 0.25) is 0 Å². The molecule has 1 aromatic rings. The molecule has 1 aliphatic heterocycles. The molecule has 1 heterocycles. The van der Waals surface area contributed by atoms with Gasteiger partial charge in [0.25, 0.3) is 0 Å². The lowest BCUT2D eigenvalue weighted by Gasteiger charge is -2.22. The summed E-state index contributed by atoms with van der Waals surface area (Å²) < 4.78 is 5.66. The molecule has 0 radical (unpaired) electrons. The summed E-state index contributed by atoms with van der Waals surface area (Å²) in [5, 5.41) is 4.79. The van der Waals surface area contributed by atoms with Gasteiger partial charge in [-0.1, -0.05) is 36.2 Å². The van der Waals surface area contributed by atoms with Gasteiger partial charge in [0.05, 0.1) is 12.6 Å². The van der Waals surface area contributed by atoms with Crippen LogP contribution in [0.15, 0.2) is 30.0 Å². The fraction of sp³-hybridized carbons (Fsp3) is 0.429. The number of nitrogens with one attached hydrogen (secondary N) is 1. The monoisotopic (exact) mass is 285 g/mol. The SMILES string of the molecule is CCCNC(C1=CCCO1)c1c(Cl)cccc1Cl. The fourth-order valence-corrected chi connectivity index (χ4v) is 2.67. The third-order valence-electron chi connectivity index (χ3n) is 2.90. The normalized spacial score (nSPS) is 16.3. The van der Waals surface area contributed by atoms with E-state index in [1.807, 2.05) is 18.2 Å². The lowest BCUT2D eigenvalue weighted by atomic mass is 10.0. The summed E-state index contributed by atoms with van der Waals surface area (Å²) in [6.45, 7) is 3.76. The smallest absolute Gasteiger partial charge is 0.114 e. The van der Waals surface area contributed by atoms with Crippen molar-refractivity contribution in [3.63, 3.8) is 0 Å². The molecule has 0 spiro atoms. The van der Waals surface area contributed by atoms with E-state index in [2.05, 4.69) is 18.3 Å². The molecule has 1 aliphatic rings. The Hall–Kier alpha value is -0.700. The van der Waals surface area contributed by atoms with Crippen molar-refractivity contribution >= 4 is 23.2 Å². The van der Waals surface area contributed by atoms with Gasteiger partial charge in [0.15, 0.2) is 0 Å². The second kappa shape index (κ2) is 6.46. The van der Waals surface area contributed by atoms with Crippen LogP contribution < -0.4 is 5.32 Å². The van der Waals surface area contributed by atoms with E-state index in [1.165, 1.54) is 0 Å². The molecule has 18 heavy (non-hydrogen) atoms. The standard InChI is InChI=1S/C14H17Cl2NO/c1-2-8-17-14(12-7-4-9-18-12)13-10(15)5-3-6-11(13)16/h3,5-7,14,17H,2,4,8-9H2,1H3. The van der Waals surface area contributed by atoms with Gasteiger partial charge in [-0.05, 0) is 31.2 Å². The second-order valence-electron chi connectivity index (χ2n) is 4.27. The summed E-state index contributed by atoms with van der Waals surface area (Å²) in [7, 11) is 0. The van der Waals surface area contributed by atoms with E-state index in [4.69, 9.17) is 27.9 Å². The Labute approximate surface area is 118 Å². The molecular formula is C14H17Cl2NO. The van der Waals surface area contributed by atoms with Crippen LogP contribution in [0.1, 0.15) is 31.4 Å². The summed E-state index contributed by atoms with van der Waals surface area (Å²) in [6, 6.07) is 5.53. The van der Waals surface area contributed by atoms with Gasteiger partial charge in [0.1, 0.15) is 5.76 Å². The summed E-state index contributed by atoms with van der Waals surface area (Å²) in [6.07, 6.45) is 4.10. The maximum absolute atomic E-state index is 6.27. The van der Waals surface area contributed by atoms with Gasteiger partial charge < -0.3 is 10.1 Å². The first-order valence-electron chi connectivity index (χ1n) is 6.24. The van der Waals surface area contributed by atoms with Crippen LogP contribution >= 0.6 is 23.2 Å². The second-order valence-corrected chi connectivity index (χ2v) is 5.08. The molecule has 98 valence electrons.